The average Bonchev–Trinajstić information content (AvgIpc) is 2.57. The van der Waals surface area contributed by atoms with Gasteiger partial charge in [-0.25, -0.2) is 13.6 Å². The SMILES string of the molecule is CC#CCCOC(=O)Oc1c(C)c(CC)nc2ccc(F)c(F)c12. The van der Waals surface area contributed by atoms with Gasteiger partial charge in [0.2, 0.25) is 0 Å². The number of hydrogen-bond donors (Lipinski definition) is 0. The van der Waals surface area contributed by atoms with Gasteiger partial charge in [-0.1, -0.05) is 6.92 Å². The van der Waals surface area contributed by atoms with Crippen LogP contribution in [0, 0.1) is 30.4 Å². The van der Waals surface area contributed by atoms with Gasteiger partial charge in [-0.05, 0) is 32.4 Å². The average molecular weight is 333 g/mol. The molecule has 4 nitrogen and oxygen atoms in total. The zero-order chi connectivity index (χ0) is 17.7. The molecular weight excluding hydrogens is 316 g/mol. The molecule has 0 saturated heterocycles. The Hall–Kier alpha value is -2.68. The monoisotopic (exact) mass is 333 g/mol. The molecule has 0 spiro atoms. The lowest BCUT2D eigenvalue weighted by molar-refractivity contribution is 0.101. The van der Waals surface area contributed by atoms with E-state index in [9.17, 15) is 13.6 Å². The van der Waals surface area contributed by atoms with Crippen LogP contribution in [0.15, 0.2) is 12.1 Å². The molecule has 0 radical (unpaired) electrons. The number of nitrogens with zero attached hydrogens (tertiary/aromatic N) is 1. The first-order chi connectivity index (χ1) is 11.5. The van der Waals surface area contributed by atoms with E-state index in [0.717, 1.165) is 6.07 Å². The van der Waals surface area contributed by atoms with Crippen molar-refractivity contribution in [3.8, 4) is 17.6 Å². The molecule has 2 rings (SSSR count). The number of aromatic nitrogens is 1. The van der Waals surface area contributed by atoms with Gasteiger partial charge in [-0.2, -0.15) is 0 Å². The van der Waals surface area contributed by atoms with Crippen molar-refractivity contribution in [1.82, 2.24) is 4.98 Å². The predicted octanol–water partition coefficient (Wildman–Crippen LogP) is 4.31. The molecule has 0 N–H and O–H groups in total. The first-order valence-electron chi connectivity index (χ1n) is 7.51. The summed E-state index contributed by atoms with van der Waals surface area (Å²) < 4.78 is 37.8. The summed E-state index contributed by atoms with van der Waals surface area (Å²) in [4.78, 5) is 16.1. The third-order valence-corrected chi connectivity index (χ3v) is 3.47. The number of aryl methyl sites for hydroxylation is 1. The number of hydrogen-bond acceptors (Lipinski definition) is 4. The second-order valence-electron chi connectivity index (χ2n) is 5.00. The fourth-order valence-corrected chi connectivity index (χ4v) is 2.29. The van der Waals surface area contributed by atoms with Crippen LogP contribution in [0.3, 0.4) is 0 Å². The first kappa shape index (κ1) is 17.7. The van der Waals surface area contributed by atoms with Gasteiger partial charge in [0.1, 0.15) is 6.61 Å². The molecule has 2 aromatic rings. The van der Waals surface area contributed by atoms with Gasteiger partial charge >= 0.3 is 6.16 Å². The Labute approximate surface area is 138 Å². The highest BCUT2D eigenvalue weighted by molar-refractivity contribution is 5.89. The van der Waals surface area contributed by atoms with Crippen LogP contribution >= 0.6 is 0 Å². The maximum atomic E-state index is 14.2. The van der Waals surface area contributed by atoms with Crippen LogP contribution in [0.4, 0.5) is 13.6 Å². The standard InChI is InChI=1S/C18H17F2NO3/c1-4-6-7-10-23-18(22)24-17-11(3)13(5-2)21-14-9-8-12(19)16(20)15(14)17/h8-9H,5,7,10H2,1-3H3. The lowest BCUT2D eigenvalue weighted by atomic mass is 10.1. The number of rotatable bonds is 4. The number of pyridine rings is 1. The first-order valence-corrected chi connectivity index (χ1v) is 7.51. The van der Waals surface area contributed by atoms with Crippen LogP contribution in [0.2, 0.25) is 0 Å². The Bertz CT molecular complexity index is 838. The summed E-state index contributed by atoms with van der Waals surface area (Å²) >= 11 is 0. The van der Waals surface area contributed by atoms with Crippen LogP contribution in [-0.2, 0) is 11.2 Å². The Morgan fingerprint density at radius 2 is 2.08 bits per heavy atom. The van der Waals surface area contributed by atoms with E-state index in [0.29, 0.717) is 24.1 Å². The third kappa shape index (κ3) is 3.62. The minimum absolute atomic E-state index is 0.0548. The van der Waals surface area contributed by atoms with E-state index in [1.54, 1.807) is 13.8 Å². The molecule has 0 atom stereocenters. The second-order valence-corrected chi connectivity index (χ2v) is 5.00. The van der Waals surface area contributed by atoms with Crippen molar-refractivity contribution in [3.63, 3.8) is 0 Å². The zero-order valence-corrected chi connectivity index (χ0v) is 13.7. The summed E-state index contributed by atoms with van der Waals surface area (Å²) in [5.74, 6) is 3.20. The highest BCUT2D eigenvalue weighted by Crippen LogP contribution is 2.33. The molecule has 0 bridgehead atoms. The predicted molar refractivity (Wildman–Crippen MR) is 85.8 cm³/mol. The largest absolute Gasteiger partial charge is 0.513 e. The quantitative estimate of drug-likeness (QED) is 0.475. The molecule has 24 heavy (non-hydrogen) atoms. The highest BCUT2D eigenvalue weighted by Gasteiger charge is 2.21. The Balaban J connectivity index is 2.42. The van der Waals surface area contributed by atoms with Crippen LogP contribution in [0.1, 0.15) is 31.5 Å². The lowest BCUT2D eigenvalue weighted by Crippen LogP contribution is -2.13. The molecule has 0 aliphatic rings. The van der Waals surface area contributed by atoms with Crippen molar-refractivity contribution >= 4 is 17.1 Å². The molecule has 0 fully saturated rings. The van der Waals surface area contributed by atoms with Gasteiger partial charge in [-0.3, -0.25) is 4.98 Å². The molecule has 0 saturated carbocycles. The molecule has 0 aliphatic carbocycles. The van der Waals surface area contributed by atoms with Gasteiger partial charge in [0.25, 0.3) is 0 Å². The fraction of sp³-hybridized carbons (Fsp3) is 0.333. The second kappa shape index (κ2) is 7.73. The number of carbonyl (C=O) groups excluding carboxylic acids is 1. The van der Waals surface area contributed by atoms with Crippen molar-refractivity contribution in [1.29, 1.82) is 0 Å². The molecular formula is C18H17F2NO3. The van der Waals surface area contributed by atoms with Crippen molar-refractivity contribution in [3.05, 3.63) is 35.0 Å². The Morgan fingerprint density at radius 3 is 2.75 bits per heavy atom. The zero-order valence-electron chi connectivity index (χ0n) is 13.7. The van der Waals surface area contributed by atoms with Crippen molar-refractivity contribution in [2.24, 2.45) is 0 Å². The van der Waals surface area contributed by atoms with Crippen LogP contribution in [0.25, 0.3) is 10.9 Å². The fourth-order valence-electron chi connectivity index (χ4n) is 2.29. The Kier molecular flexibility index (Phi) is 5.69. The van der Waals surface area contributed by atoms with E-state index in [1.165, 1.54) is 6.07 Å². The summed E-state index contributed by atoms with van der Waals surface area (Å²) in [6, 6.07) is 2.34. The smallest absolute Gasteiger partial charge is 0.433 e. The minimum Gasteiger partial charge on any atom is -0.433 e. The lowest BCUT2D eigenvalue weighted by Gasteiger charge is -2.14. The molecule has 1 aromatic carbocycles. The van der Waals surface area contributed by atoms with E-state index in [2.05, 4.69) is 16.8 Å². The van der Waals surface area contributed by atoms with E-state index in [1.807, 2.05) is 6.92 Å². The number of carbonyl (C=O) groups is 1. The van der Waals surface area contributed by atoms with Gasteiger partial charge in [0.15, 0.2) is 17.4 Å². The van der Waals surface area contributed by atoms with E-state index < -0.39 is 17.8 Å². The molecule has 1 heterocycles. The molecule has 1 aromatic heterocycles. The van der Waals surface area contributed by atoms with E-state index in [4.69, 9.17) is 9.47 Å². The van der Waals surface area contributed by atoms with E-state index >= 15 is 0 Å². The minimum atomic E-state index is -1.11. The summed E-state index contributed by atoms with van der Waals surface area (Å²) in [6.07, 6.45) is -0.0717. The Morgan fingerprint density at radius 1 is 1.33 bits per heavy atom. The maximum Gasteiger partial charge on any atom is 0.513 e. The van der Waals surface area contributed by atoms with E-state index in [-0.39, 0.29) is 23.3 Å². The maximum absolute atomic E-state index is 14.2. The highest BCUT2D eigenvalue weighted by atomic mass is 19.2. The van der Waals surface area contributed by atoms with Gasteiger partial charge in [-0.15, -0.1) is 11.8 Å². The third-order valence-electron chi connectivity index (χ3n) is 3.47. The number of benzene rings is 1. The number of fused-ring (bicyclic) bond motifs is 1. The number of halogens is 2. The molecule has 6 heteroatoms. The topological polar surface area (TPSA) is 48.4 Å². The molecule has 126 valence electrons. The normalized spacial score (nSPS) is 10.2. The van der Waals surface area contributed by atoms with Crippen LogP contribution in [0.5, 0.6) is 5.75 Å². The van der Waals surface area contributed by atoms with Crippen molar-refractivity contribution in [2.45, 2.75) is 33.6 Å². The van der Waals surface area contributed by atoms with Gasteiger partial charge in [0.05, 0.1) is 10.9 Å². The van der Waals surface area contributed by atoms with Gasteiger partial charge in [0, 0.05) is 17.7 Å². The number of ether oxygens (including phenoxy) is 2. The summed E-state index contributed by atoms with van der Waals surface area (Å²) in [5, 5.41) is -0.171. The summed E-state index contributed by atoms with van der Waals surface area (Å²) in [5.41, 5.74) is 1.32. The summed E-state index contributed by atoms with van der Waals surface area (Å²) in [7, 11) is 0. The molecule has 0 amide bonds. The van der Waals surface area contributed by atoms with Crippen LogP contribution in [-0.4, -0.2) is 17.7 Å². The van der Waals surface area contributed by atoms with Crippen LogP contribution < -0.4 is 4.74 Å². The molecule has 0 unspecified atom stereocenters. The molecule has 0 aliphatic heterocycles. The van der Waals surface area contributed by atoms with Crippen molar-refractivity contribution < 1.29 is 23.0 Å². The van der Waals surface area contributed by atoms with Gasteiger partial charge < -0.3 is 9.47 Å². The van der Waals surface area contributed by atoms with Crippen molar-refractivity contribution in [2.75, 3.05) is 6.61 Å². The summed E-state index contributed by atoms with van der Waals surface area (Å²) in [6.45, 7) is 5.24.